The lowest BCUT2D eigenvalue weighted by molar-refractivity contribution is -0.134. The molecule has 1 aromatic rings. The third-order valence-electron chi connectivity index (χ3n) is 5.66. The molecule has 3 rings (SSSR count). The summed E-state index contributed by atoms with van der Waals surface area (Å²) in [6.45, 7) is 4.31. The normalized spacial score (nSPS) is 24.3. The lowest BCUT2D eigenvalue weighted by Crippen LogP contribution is -2.47. The maximum absolute atomic E-state index is 12.9. The summed E-state index contributed by atoms with van der Waals surface area (Å²) in [7, 11) is 0. The van der Waals surface area contributed by atoms with Crippen molar-refractivity contribution < 1.29 is 9.59 Å². The van der Waals surface area contributed by atoms with Crippen LogP contribution in [0, 0.1) is 11.3 Å². The van der Waals surface area contributed by atoms with Crippen LogP contribution in [0.25, 0.3) is 0 Å². The van der Waals surface area contributed by atoms with Crippen molar-refractivity contribution in [2.75, 3.05) is 18.4 Å². The first-order valence-electron chi connectivity index (χ1n) is 9.52. The molecule has 0 radical (unpaired) electrons. The minimum atomic E-state index is -0.202. The van der Waals surface area contributed by atoms with E-state index in [0.717, 1.165) is 50.0 Å². The number of halogens is 1. The van der Waals surface area contributed by atoms with E-state index in [0.29, 0.717) is 18.9 Å². The average molecular weight is 380 g/mol. The SMILES string of the molecule is CCCC(=O)Nc1ccc(CNC(=O)[C@@]23CCCC[C@H]2CNC3)cc1.Cl. The number of hydrogen-bond donors (Lipinski definition) is 3. The van der Waals surface area contributed by atoms with Crippen LogP contribution in [0.2, 0.25) is 0 Å². The minimum Gasteiger partial charge on any atom is -0.351 e. The summed E-state index contributed by atoms with van der Waals surface area (Å²) in [4.78, 5) is 24.5. The third-order valence-corrected chi connectivity index (χ3v) is 5.66. The molecule has 1 aliphatic carbocycles. The van der Waals surface area contributed by atoms with Gasteiger partial charge in [-0.05, 0) is 49.4 Å². The zero-order valence-electron chi connectivity index (χ0n) is 15.5. The number of amides is 2. The van der Waals surface area contributed by atoms with Crippen LogP contribution in [0.5, 0.6) is 0 Å². The van der Waals surface area contributed by atoms with Crippen LogP contribution in [0.4, 0.5) is 5.69 Å². The molecular formula is C20H30ClN3O2. The fraction of sp³-hybridized carbons (Fsp3) is 0.600. The van der Waals surface area contributed by atoms with Crippen molar-refractivity contribution >= 4 is 29.9 Å². The first-order valence-corrected chi connectivity index (χ1v) is 9.52. The summed E-state index contributed by atoms with van der Waals surface area (Å²) < 4.78 is 0. The Hall–Kier alpha value is -1.59. The third kappa shape index (κ3) is 4.57. The second-order valence-electron chi connectivity index (χ2n) is 7.41. The molecule has 2 fully saturated rings. The van der Waals surface area contributed by atoms with Crippen LogP contribution in [0.15, 0.2) is 24.3 Å². The van der Waals surface area contributed by atoms with Crippen molar-refractivity contribution in [3.63, 3.8) is 0 Å². The fourth-order valence-electron chi connectivity index (χ4n) is 4.21. The van der Waals surface area contributed by atoms with Gasteiger partial charge in [0.1, 0.15) is 0 Å². The second-order valence-corrected chi connectivity index (χ2v) is 7.41. The Morgan fingerprint density at radius 2 is 2.00 bits per heavy atom. The van der Waals surface area contributed by atoms with Crippen LogP contribution in [0.3, 0.4) is 0 Å². The highest BCUT2D eigenvalue weighted by Gasteiger charge is 2.49. The molecule has 3 N–H and O–H groups in total. The van der Waals surface area contributed by atoms with Crippen LogP contribution < -0.4 is 16.0 Å². The number of fused-ring (bicyclic) bond motifs is 1. The van der Waals surface area contributed by atoms with Crippen LogP contribution in [-0.2, 0) is 16.1 Å². The van der Waals surface area contributed by atoms with Crippen LogP contribution in [0.1, 0.15) is 51.0 Å². The molecule has 0 aromatic heterocycles. The van der Waals surface area contributed by atoms with Crippen molar-refractivity contribution in [1.29, 1.82) is 0 Å². The number of nitrogens with one attached hydrogen (secondary N) is 3. The van der Waals surface area contributed by atoms with Crippen molar-refractivity contribution in [2.45, 2.75) is 52.0 Å². The van der Waals surface area contributed by atoms with E-state index in [-0.39, 0.29) is 29.6 Å². The quantitative estimate of drug-likeness (QED) is 0.710. The molecule has 0 unspecified atom stereocenters. The second kappa shape index (κ2) is 9.38. The van der Waals surface area contributed by atoms with Gasteiger partial charge >= 0.3 is 0 Å². The standard InChI is InChI=1S/C20H29N3O2.ClH/c1-2-5-18(24)23-17-9-7-15(8-10-17)12-22-19(25)20-11-4-3-6-16(20)13-21-14-20;/h7-10,16,21H,2-6,11-14H2,1H3,(H,22,25)(H,23,24);1H/t16-,20+;/m0./s1. The predicted molar refractivity (Wildman–Crippen MR) is 106 cm³/mol. The molecule has 1 heterocycles. The van der Waals surface area contributed by atoms with E-state index < -0.39 is 0 Å². The van der Waals surface area contributed by atoms with E-state index in [4.69, 9.17) is 0 Å². The van der Waals surface area contributed by atoms with Crippen molar-refractivity contribution in [2.24, 2.45) is 11.3 Å². The van der Waals surface area contributed by atoms with Crippen LogP contribution >= 0.6 is 12.4 Å². The van der Waals surface area contributed by atoms with E-state index in [1.165, 1.54) is 6.42 Å². The van der Waals surface area contributed by atoms with Crippen LogP contribution in [-0.4, -0.2) is 24.9 Å². The molecule has 1 saturated heterocycles. The zero-order valence-corrected chi connectivity index (χ0v) is 16.3. The molecule has 5 nitrogen and oxygen atoms in total. The van der Waals surface area contributed by atoms with Gasteiger partial charge in [-0.1, -0.05) is 31.9 Å². The first kappa shape index (κ1) is 20.7. The van der Waals surface area contributed by atoms with Gasteiger partial charge in [0.25, 0.3) is 0 Å². The van der Waals surface area contributed by atoms with Gasteiger partial charge in [0.05, 0.1) is 5.41 Å². The number of carbonyl (C=O) groups is 2. The predicted octanol–water partition coefficient (Wildman–Crippen LogP) is 3.24. The number of carbonyl (C=O) groups excluding carboxylic acids is 2. The Kier molecular flexibility index (Phi) is 7.47. The molecule has 6 heteroatoms. The summed E-state index contributed by atoms with van der Waals surface area (Å²) in [6, 6.07) is 7.72. The molecule has 2 amide bonds. The van der Waals surface area contributed by atoms with Gasteiger partial charge in [-0.15, -0.1) is 12.4 Å². The first-order chi connectivity index (χ1) is 12.1. The number of rotatable bonds is 6. The van der Waals surface area contributed by atoms with Gasteiger partial charge in [0.15, 0.2) is 0 Å². The smallest absolute Gasteiger partial charge is 0.228 e. The maximum atomic E-state index is 12.9. The summed E-state index contributed by atoms with van der Waals surface area (Å²) in [5.41, 5.74) is 1.66. The summed E-state index contributed by atoms with van der Waals surface area (Å²) in [5, 5.41) is 9.45. The monoisotopic (exact) mass is 379 g/mol. The molecule has 0 bridgehead atoms. The Morgan fingerprint density at radius 1 is 1.23 bits per heavy atom. The van der Waals surface area contributed by atoms with Crippen molar-refractivity contribution in [3.8, 4) is 0 Å². The minimum absolute atomic E-state index is 0. The highest BCUT2D eigenvalue weighted by molar-refractivity contribution is 5.90. The van der Waals surface area contributed by atoms with Gasteiger partial charge in [-0.25, -0.2) is 0 Å². The number of anilines is 1. The van der Waals surface area contributed by atoms with E-state index in [9.17, 15) is 9.59 Å². The van der Waals surface area contributed by atoms with Crippen molar-refractivity contribution in [3.05, 3.63) is 29.8 Å². The van der Waals surface area contributed by atoms with E-state index in [2.05, 4.69) is 16.0 Å². The van der Waals surface area contributed by atoms with Gasteiger partial charge in [-0.2, -0.15) is 0 Å². The van der Waals surface area contributed by atoms with Gasteiger partial charge < -0.3 is 16.0 Å². The molecular weight excluding hydrogens is 350 g/mol. The molecule has 144 valence electrons. The largest absolute Gasteiger partial charge is 0.351 e. The van der Waals surface area contributed by atoms with Gasteiger partial charge in [0.2, 0.25) is 11.8 Å². The van der Waals surface area contributed by atoms with Gasteiger partial charge in [0, 0.05) is 25.2 Å². The lowest BCUT2D eigenvalue weighted by atomic mass is 9.67. The van der Waals surface area contributed by atoms with E-state index in [1.54, 1.807) is 0 Å². The van der Waals surface area contributed by atoms with Crippen molar-refractivity contribution in [1.82, 2.24) is 10.6 Å². The fourth-order valence-corrected chi connectivity index (χ4v) is 4.21. The van der Waals surface area contributed by atoms with E-state index >= 15 is 0 Å². The lowest BCUT2D eigenvalue weighted by Gasteiger charge is -2.37. The Balaban J connectivity index is 0.00000243. The number of hydrogen-bond acceptors (Lipinski definition) is 3. The molecule has 1 aromatic carbocycles. The highest BCUT2D eigenvalue weighted by atomic mass is 35.5. The highest BCUT2D eigenvalue weighted by Crippen LogP contribution is 2.43. The molecule has 2 atom stereocenters. The molecule has 1 saturated carbocycles. The summed E-state index contributed by atoms with van der Waals surface area (Å²) in [5.74, 6) is 0.722. The maximum Gasteiger partial charge on any atom is 0.228 e. The molecule has 1 aliphatic heterocycles. The zero-order chi connectivity index (χ0) is 17.7. The molecule has 2 aliphatic rings. The van der Waals surface area contributed by atoms with Gasteiger partial charge in [-0.3, -0.25) is 9.59 Å². The Morgan fingerprint density at radius 3 is 2.73 bits per heavy atom. The Bertz CT molecular complexity index is 620. The van der Waals surface area contributed by atoms with E-state index in [1.807, 2.05) is 31.2 Å². The topological polar surface area (TPSA) is 70.2 Å². The Labute approximate surface area is 162 Å². The summed E-state index contributed by atoms with van der Waals surface area (Å²) in [6.07, 6.45) is 5.93. The molecule has 0 spiro atoms. The average Bonchev–Trinajstić information content (AvgIpc) is 3.06. The molecule has 26 heavy (non-hydrogen) atoms. The summed E-state index contributed by atoms with van der Waals surface area (Å²) >= 11 is 0. The number of benzene rings is 1.